The summed E-state index contributed by atoms with van der Waals surface area (Å²) in [5, 5.41) is 0. The van der Waals surface area contributed by atoms with E-state index >= 15 is 0 Å². The average molecular weight is 475 g/mol. The van der Waals surface area contributed by atoms with Crippen LogP contribution in [0.4, 0.5) is 5.69 Å². The molecule has 2 aromatic rings. The second-order valence-corrected chi connectivity index (χ2v) is 9.83. The van der Waals surface area contributed by atoms with Gasteiger partial charge in [0.05, 0.1) is 17.6 Å². The van der Waals surface area contributed by atoms with E-state index in [4.69, 9.17) is 9.47 Å². The fraction of sp³-hybridized carbons (Fsp3) is 0.417. The first-order valence-corrected chi connectivity index (χ1v) is 12.4. The fourth-order valence-corrected chi connectivity index (χ4v) is 4.92. The molecule has 1 aliphatic carbocycles. The Balaban J connectivity index is 1.61. The number of benzene rings is 2. The molecule has 0 saturated heterocycles. The van der Waals surface area contributed by atoms with Gasteiger partial charge in [-0.3, -0.25) is 9.52 Å². The molecule has 9 heteroatoms. The molecule has 0 aromatic heterocycles. The number of anilines is 1. The predicted octanol–water partition coefficient (Wildman–Crippen LogP) is 3.83. The number of nitrogens with one attached hydrogen (secondary N) is 1. The van der Waals surface area contributed by atoms with Crippen LogP contribution in [0, 0.1) is 0 Å². The highest BCUT2D eigenvalue weighted by Gasteiger charge is 2.28. The van der Waals surface area contributed by atoms with Gasteiger partial charge in [0.2, 0.25) is 0 Å². The molecule has 0 aliphatic heterocycles. The van der Waals surface area contributed by atoms with E-state index < -0.39 is 22.1 Å². The highest BCUT2D eigenvalue weighted by molar-refractivity contribution is 7.92. The van der Waals surface area contributed by atoms with Crippen LogP contribution in [0.15, 0.2) is 53.4 Å². The minimum atomic E-state index is -3.84. The minimum absolute atomic E-state index is 0.00368. The Labute approximate surface area is 194 Å². The second-order valence-electron chi connectivity index (χ2n) is 8.15. The van der Waals surface area contributed by atoms with Crippen molar-refractivity contribution in [1.29, 1.82) is 0 Å². The maximum atomic E-state index is 12.7. The van der Waals surface area contributed by atoms with Gasteiger partial charge in [0.25, 0.3) is 15.9 Å². The standard InChI is InChI=1S/C24H30N2O6S/c1-17(23(27)26(2)20-7-5-4-6-8-20)32-24(28)18-9-15-22(16-10-18)33(29,30)25-19-11-13-21(31-3)14-12-19/h9-17,20,25H,4-8H2,1-3H3/t17-/m0/s1. The van der Waals surface area contributed by atoms with Crippen molar-refractivity contribution < 1.29 is 27.5 Å². The van der Waals surface area contributed by atoms with Crippen LogP contribution in [0.3, 0.4) is 0 Å². The van der Waals surface area contributed by atoms with E-state index in [9.17, 15) is 18.0 Å². The molecule has 0 heterocycles. The number of sulfonamides is 1. The van der Waals surface area contributed by atoms with Crippen LogP contribution in [0.5, 0.6) is 5.75 Å². The summed E-state index contributed by atoms with van der Waals surface area (Å²) in [6.45, 7) is 1.55. The average Bonchev–Trinajstić information content (AvgIpc) is 2.84. The molecule has 0 unspecified atom stereocenters. The number of hydrogen-bond acceptors (Lipinski definition) is 6. The first kappa shape index (κ1) is 24.6. The normalized spacial score (nSPS) is 15.4. The Hall–Kier alpha value is -3.07. The topological polar surface area (TPSA) is 102 Å². The number of carbonyl (C=O) groups excluding carboxylic acids is 2. The number of esters is 1. The molecule has 1 saturated carbocycles. The minimum Gasteiger partial charge on any atom is -0.497 e. The first-order valence-electron chi connectivity index (χ1n) is 11.0. The Morgan fingerprint density at radius 3 is 2.18 bits per heavy atom. The van der Waals surface area contributed by atoms with Crippen molar-refractivity contribution in [2.45, 2.75) is 56.1 Å². The molecule has 0 radical (unpaired) electrons. The number of likely N-dealkylation sites (N-methyl/N-ethyl adjacent to an activating group) is 1. The lowest BCUT2D eigenvalue weighted by Gasteiger charge is -2.32. The maximum Gasteiger partial charge on any atom is 0.338 e. The molecule has 8 nitrogen and oxygen atoms in total. The Morgan fingerprint density at radius 2 is 1.61 bits per heavy atom. The van der Waals surface area contributed by atoms with Gasteiger partial charge >= 0.3 is 5.97 Å². The lowest BCUT2D eigenvalue weighted by atomic mass is 9.94. The molecule has 178 valence electrons. The molecular formula is C24H30N2O6S. The predicted molar refractivity (Wildman–Crippen MR) is 125 cm³/mol. The Kier molecular flexibility index (Phi) is 7.97. The van der Waals surface area contributed by atoms with Crippen LogP contribution in [0.1, 0.15) is 49.4 Å². The first-order chi connectivity index (χ1) is 15.7. The zero-order chi connectivity index (χ0) is 24.0. The van der Waals surface area contributed by atoms with E-state index in [1.807, 2.05) is 0 Å². The highest BCUT2D eigenvalue weighted by atomic mass is 32.2. The van der Waals surface area contributed by atoms with E-state index in [1.54, 1.807) is 43.1 Å². The maximum absolute atomic E-state index is 12.7. The quantitative estimate of drug-likeness (QED) is 0.584. The smallest absolute Gasteiger partial charge is 0.338 e. The summed E-state index contributed by atoms with van der Waals surface area (Å²) in [6.07, 6.45) is 4.37. The van der Waals surface area contributed by atoms with Crippen molar-refractivity contribution in [3.05, 3.63) is 54.1 Å². The van der Waals surface area contributed by atoms with E-state index in [-0.39, 0.29) is 22.4 Å². The summed E-state index contributed by atoms with van der Waals surface area (Å²) in [4.78, 5) is 26.8. The van der Waals surface area contributed by atoms with Gasteiger partial charge in [-0.1, -0.05) is 19.3 Å². The Bertz CT molecular complexity index is 1060. The number of ether oxygens (including phenoxy) is 2. The SMILES string of the molecule is COc1ccc(NS(=O)(=O)c2ccc(C(=O)O[C@@H](C)C(=O)N(C)C3CCCCC3)cc2)cc1. The van der Waals surface area contributed by atoms with Gasteiger partial charge in [-0.05, 0) is 68.3 Å². The van der Waals surface area contributed by atoms with Crippen LogP contribution in [-0.4, -0.2) is 51.5 Å². The van der Waals surface area contributed by atoms with Gasteiger partial charge in [-0.2, -0.15) is 0 Å². The van der Waals surface area contributed by atoms with Crippen molar-refractivity contribution >= 4 is 27.6 Å². The molecule has 0 bridgehead atoms. The lowest BCUT2D eigenvalue weighted by Crippen LogP contribution is -2.44. The summed E-state index contributed by atoms with van der Waals surface area (Å²) in [5.74, 6) is -0.309. The van der Waals surface area contributed by atoms with Gasteiger partial charge < -0.3 is 14.4 Å². The molecule has 3 rings (SSSR count). The van der Waals surface area contributed by atoms with Crippen molar-refractivity contribution in [2.24, 2.45) is 0 Å². The number of nitrogens with zero attached hydrogens (tertiary/aromatic N) is 1. The van der Waals surface area contributed by atoms with Crippen molar-refractivity contribution in [3.63, 3.8) is 0 Å². The molecule has 1 N–H and O–H groups in total. The molecule has 33 heavy (non-hydrogen) atoms. The van der Waals surface area contributed by atoms with Gasteiger partial charge in [-0.25, -0.2) is 13.2 Å². The molecule has 0 spiro atoms. The Morgan fingerprint density at radius 1 is 1.00 bits per heavy atom. The van der Waals surface area contributed by atoms with Crippen LogP contribution >= 0.6 is 0 Å². The van der Waals surface area contributed by atoms with Crippen molar-refractivity contribution in [3.8, 4) is 5.75 Å². The highest BCUT2D eigenvalue weighted by Crippen LogP contribution is 2.23. The number of hydrogen-bond donors (Lipinski definition) is 1. The van der Waals surface area contributed by atoms with Gasteiger partial charge in [0.1, 0.15) is 5.75 Å². The molecule has 1 aliphatic rings. The number of rotatable bonds is 8. The summed E-state index contributed by atoms with van der Waals surface area (Å²) in [5.41, 5.74) is 0.548. The van der Waals surface area contributed by atoms with Crippen LogP contribution in [-0.2, 0) is 19.6 Å². The van der Waals surface area contributed by atoms with Gasteiger partial charge in [0.15, 0.2) is 6.10 Å². The van der Waals surface area contributed by atoms with Gasteiger partial charge in [-0.15, -0.1) is 0 Å². The van der Waals surface area contributed by atoms with E-state index in [0.717, 1.165) is 25.7 Å². The summed E-state index contributed by atoms with van der Waals surface area (Å²) < 4.78 is 38.1. The summed E-state index contributed by atoms with van der Waals surface area (Å²) in [6, 6.07) is 12.0. The third kappa shape index (κ3) is 6.25. The van der Waals surface area contributed by atoms with E-state index in [1.165, 1.54) is 37.8 Å². The van der Waals surface area contributed by atoms with E-state index in [0.29, 0.717) is 11.4 Å². The molecule has 2 aromatic carbocycles. The number of methoxy groups -OCH3 is 1. The van der Waals surface area contributed by atoms with Crippen molar-refractivity contribution in [1.82, 2.24) is 4.90 Å². The lowest BCUT2D eigenvalue weighted by molar-refractivity contribution is -0.141. The third-order valence-electron chi connectivity index (χ3n) is 5.84. The van der Waals surface area contributed by atoms with Gasteiger partial charge in [0, 0.05) is 18.8 Å². The van der Waals surface area contributed by atoms with E-state index in [2.05, 4.69) is 4.72 Å². The molecule has 1 amide bonds. The summed E-state index contributed by atoms with van der Waals surface area (Å²) >= 11 is 0. The molecule has 1 atom stereocenters. The second kappa shape index (κ2) is 10.7. The van der Waals surface area contributed by atoms with Crippen molar-refractivity contribution in [2.75, 3.05) is 18.9 Å². The monoisotopic (exact) mass is 474 g/mol. The van der Waals surface area contributed by atoms with Crippen LogP contribution in [0.25, 0.3) is 0 Å². The largest absolute Gasteiger partial charge is 0.497 e. The zero-order valence-electron chi connectivity index (χ0n) is 19.1. The fourth-order valence-electron chi connectivity index (χ4n) is 3.86. The molecule has 1 fully saturated rings. The summed E-state index contributed by atoms with van der Waals surface area (Å²) in [7, 11) is -0.566. The zero-order valence-corrected chi connectivity index (χ0v) is 19.9. The molecular weight excluding hydrogens is 444 g/mol. The number of amides is 1. The third-order valence-corrected chi connectivity index (χ3v) is 7.24. The number of carbonyl (C=O) groups is 2. The van der Waals surface area contributed by atoms with Crippen LogP contribution < -0.4 is 9.46 Å². The van der Waals surface area contributed by atoms with Crippen LogP contribution in [0.2, 0.25) is 0 Å².